The zero-order valence-electron chi connectivity index (χ0n) is 21.0. The third kappa shape index (κ3) is 3.62. The molecule has 4 aromatic carbocycles. The van der Waals surface area contributed by atoms with Gasteiger partial charge in [-0.1, -0.05) is 55.5 Å². The first-order valence-corrected chi connectivity index (χ1v) is 12.9. The minimum Gasteiger partial charge on any atom is -0.341 e. The quantitative estimate of drug-likeness (QED) is 0.236. The van der Waals surface area contributed by atoms with E-state index in [1.807, 2.05) is 0 Å². The lowest BCUT2D eigenvalue weighted by Crippen LogP contribution is -2.22. The van der Waals surface area contributed by atoms with Gasteiger partial charge in [0, 0.05) is 69.8 Å². The number of aryl methyl sites for hydroxylation is 2. The summed E-state index contributed by atoms with van der Waals surface area (Å²) in [6.07, 6.45) is 0. The van der Waals surface area contributed by atoms with Gasteiger partial charge in [0.1, 0.15) is 0 Å². The average Bonchev–Trinajstić information content (AvgIpc) is 3.39. The van der Waals surface area contributed by atoms with Crippen molar-refractivity contribution >= 4 is 43.6 Å². The number of rotatable bonds is 7. The molecule has 2 aromatic heterocycles. The van der Waals surface area contributed by atoms with E-state index < -0.39 is 0 Å². The van der Waals surface area contributed by atoms with Gasteiger partial charge in [-0.05, 0) is 67.9 Å². The minimum absolute atomic E-state index is 0.951. The van der Waals surface area contributed by atoms with Crippen LogP contribution in [-0.4, -0.2) is 20.6 Å². The maximum Gasteiger partial charge on any atom is 0.0491 e. The number of aromatic nitrogens is 2. The summed E-state index contributed by atoms with van der Waals surface area (Å²) in [4.78, 5) is 2.54. The first-order chi connectivity index (χ1) is 17.2. The summed E-state index contributed by atoms with van der Waals surface area (Å²) in [5, 5.41) is 5.44. The summed E-state index contributed by atoms with van der Waals surface area (Å²) in [6.45, 7) is 11.6. The van der Waals surface area contributed by atoms with E-state index in [4.69, 9.17) is 0 Å². The van der Waals surface area contributed by atoms with Crippen molar-refractivity contribution in [2.24, 2.45) is 0 Å². The van der Waals surface area contributed by atoms with Gasteiger partial charge in [0.25, 0.3) is 0 Å². The van der Waals surface area contributed by atoms with Crippen molar-refractivity contribution < 1.29 is 0 Å². The minimum atomic E-state index is 0.951. The van der Waals surface area contributed by atoms with Gasteiger partial charge in [-0.25, -0.2) is 0 Å². The van der Waals surface area contributed by atoms with Crippen LogP contribution in [0.1, 0.15) is 31.9 Å². The largest absolute Gasteiger partial charge is 0.341 e. The molecular formula is C32H33N3. The Morgan fingerprint density at radius 1 is 0.514 bits per heavy atom. The lowest BCUT2D eigenvalue weighted by molar-refractivity contribution is 0.271. The Morgan fingerprint density at radius 3 is 1.37 bits per heavy atom. The summed E-state index contributed by atoms with van der Waals surface area (Å²) < 4.78 is 4.85. The highest BCUT2D eigenvalue weighted by Gasteiger charge is 2.13. The Labute approximate surface area is 207 Å². The van der Waals surface area contributed by atoms with Gasteiger partial charge in [-0.15, -0.1) is 0 Å². The van der Waals surface area contributed by atoms with Crippen LogP contribution in [0.25, 0.3) is 43.6 Å². The lowest BCUT2D eigenvalue weighted by Gasteiger charge is -2.21. The van der Waals surface area contributed by atoms with E-state index in [0.29, 0.717) is 0 Å². The van der Waals surface area contributed by atoms with Crippen LogP contribution in [0.3, 0.4) is 0 Å². The fourth-order valence-electron chi connectivity index (χ4n) is 5.88. The molecule has 0 amide bonds. The number of nitrogens with zero attached hydrogens (tertiary/aromatic N) is 3. The summed E-state index contributed by atoms with van der Waals surface area (Å²) in [5.41, 5.74) is 8.07. The highest BCUT2D eigenvalue weighted by Crippen LogP contribution is 2.31. The molecule has 0 N–H and O–H groups in total. The summed E-state index contributed by atoms with van der Waals surface area (Å²) in [7, 11) is 0. The van der Waals surface area contributed by atoms with Crippen LogP contribution in [0, 0.1) is 0 Å². The Hall–Kier alpha value is -3.56. The molecule has 2 heterocycles. The summed E-state index contributed by atoms with van der Waals surface area (Å²) >= 11 is 0. The van der Waals surface area contributed by atoms with Gasteiger partial charge in [0.2, 0.25) is 0 Å². The Morgan fingerprint density at radius 2 is 0.943 bits per heavy atom. The molecule has 0 fully saturated rings. The van der Waals surface area contributed by atoms with Crippen LogP contribution in [0.2, 0.25) is 0 Å². The highest BCUT2D eigenvalue weighted by atomic mass is 15.1. The number of benzene rings is 4. The van der Waals surface area contributed by atoms with Crippen molar-refractivity contribution in [3.05, 3.63) is 96.1 Å². The normalized spacial score (nSPS) is 12.1. The third-order valence-corrected chi connectivity index (χ3v) is 7.57. The zero-order valence-corrected chi connectivity index (χ0v) is 21.0. The maximum atomic E-state index is 2.54. The van der Waals surface area contributed by atoms with Crippen molar-refractivity contribution in [1.29, 1.82) is 0 Å². The third-order valence-electron chi connectivity index (χ3n) is 7.57. The summed E-state index contributed by atoms with van der Waals surface area (Å²) in [6, 6.07) is 31.6. The van der Waals surface area contributed by atoms with E-state index in [-0.39, 0.29) is 0 Å². The molecule has 0 spiro atoms. The molecule has 3 heteroatoms. The standard InChI is InChI=1S/C32H33N3/c1-4-33(21-23-15-17-31-27(19-23)25-11-7-9-13-29(25)34(31)5-2)22-24-16-18-32-28(20-24)26-12-8-10-14-30(26)35(32)6-3/h7-20H,4-6,21-22H2,1-3H3. The summed E-state index contributed by atoms with van der Waals surface area (Å²) in [5.74, 6) is 0. The van der Waals surface area contributed by atoms with Gasteiger partial charge in [-0.2, -0.15) is 0 Å². The van der Waals surface area contributed by atoms with Crippen LogP contribution >= 0.6 is 0 Å². The predicted molar refractivity (Wildman–Crippen MR) is 150 cm³/mol. The molecular weight excluding hydrogens is 426 g/mol. The molecule has 0 unspecified atom stereocenters. The fraction of sp³-hybridized carbons (Fsp3) is 0.250. The molecule has 0 saturated heterocycles. The van der Waals surface area contributed by atoms with Crippen molar-refractivity contribution in [3.63, 3.8) is 0 Å². The van der Waals surface area contributed by atoms with E-state index in [0.717, 1.165) is 32.7 Å². The molecule has 0 bridgehead atoms. The molecule has 0 atom stereocenters. The SMILES string of the molecule is CCN(Cc1ccc2c(c1)c1ccccc1n2CC)Cc1ccc2c(c1)c1ccccc1n2CC. The number of fused-ring (bicyclic) bond motifs is 6. The second-order valence-corrected chi connectivity index (χ2v) is 9.53. The van der Waals surface area contributed by atoms with Crippen LogP contribution in [0.15, 0.2) is 84.9 Å². The highest BCUT2D eigenvalue weighted by molar-refractivity contribution is 6.09. The van der Waals surface area contributed by atoms with E-state index in [1.54, 1.807) is 0 Å². The van der Waals surface area contributed by atoms with Gasteiger partial charge in [0.05, 0.1) is 0 Å². The van der Waals surface area contributed by atoms with Crippen molar-refractivity contribution in [1.82, 2.24) is 14.0 Å². The van der Waals surface area contributed by atoms with Crippen molar-refractivity contribution in [2.45, 2.75) is 47.0 Å². The Bertz CT molecular complexity index is 1540. The lowest BCUT2D eigenvalue weighted by atomic mass is 10.1. The average molecular weight is 460 g/mol. The molecule has 0 aliphatic rings. The smallest absolute Gasteiger partial charge is 0.0491 e. The number of hydrogen-bond acceptors (Lipinski definition) is 1. The van der Waals surface area contributed by atoms with Gasteiger partial charge in [0.15, 0.2) is 0 Å². The van der Waals surface area contributed by atoms with Crippen LogP contribution in [0.5, 0.6) is 0 Å². The van der Waals surface area contributed by atoms with Gasteiger partial charge < -0.3 is 9.13 Å². The van der Waals surface area contributed by atoms with E-state index in [1.165, 1.54) is 54.7 Å². The molecule has 0 aliphatic heterocycles. The van der Waals surface area contributed by atoms with Gasteiger partial charge in [-0.3, -0.25) is 4.90 Å². The first-order valence-electron chi connectivity index (χ1n) is 12.9. The molecule has 6 rings (SSSR count). The van der Waals surface area contributed by atoms with E-state index in [9.17, 15) is 0 Å². The van der Waals surface area contributed by atoms with Crippen LogP contribution in [0.4, 0.5) is 0 Å². The molecule has 0 saturated carbocycles. The van der Waals surface area contributed by atoms with Crippen molar-refractivity contribution in [3.8, 4) is 0 Å². The molecule has 0 aliphatic carbocycles. The van der Waals surface area contributed by atoms with Crippen LogP contribution in [-0.2, 0) is 26.2 Å². The second kappa shape index (κ2) is 8.90. The molecule has 0 radical (unpaired) electrons. The topological polar surface area (TPSA) is 13.1 Å². The predicted octanol–water partition coefficient (Wildman–Crippen LogP) is 7.96. The Balaban J connectivity index is 1.33. The van der Waals surface area contributed by atoms with E-state index in [2.05, 4.69) is 120 Å². The monoisotopic (exact) mass is 459 g/mol. The van der Waals surface area contributed by atoms with Gasteiger partial charge >= 0.3 is 0 Å². The molecule has 35 heavy (non-hydrogen) atoms. The second-order valence-electron chi connectivity index (χ2n) is 9.53. The molecule has 176 valence electrons. The van der Waals surface area contributed by atoms with E-state index >= 15 is 0 Å². The zero-order chi connectivity index (χ0) is 23.9. The molecule has 3 nitrogen and oxygen atoms in total. The molecule has 6 aromatic rings. The maximum absolute atomic E-state index is 2.54. The number of para-hydroxylation sites is 2. The van der Waals surface area contributed by atoms with Crippen LogP contribution < -0.4 is 0 Å². The fourth-order valence-corrected chi connectivity index (χ4v) is 5.88. The first kappa shape index (κ1) is 21.9. The van der Waals surface area contributed by atoms with Crippen molar-refractivity contribution in [2.75, 3.05) is 6.54 Å². The number of hydrogen-bond donors (Lipinski definition) is 0. The Kier molecular flexibility index (Phi) is 5.58.